The summed E-state index contributed by atoms with van der Waals surface area (Å²) in [4.78, 5) is 31.9. The van der Waals surface area contributed by atoms with Crippen LogP contribution in [0.15, 0.2) is 18.2 Å². The standard InChI is InChI=1S/C12H13NO7S/c1-6(14)21-5-10(15)11(16)9-4-7(13(19)20)2-3-8(9)12(17)18/h2-4,10-11,15-16H,5H2,1H3,(H,17,18). The molecule has 0 heterocycles. The van der Waals surface area contributed by atoms with Gasteiger partial charge in [0.1, 0.15) is 6.10 Å². The van der Waals surface area contributed by atoms with Crippen molar-refractivity contribution in [2.45, 2.75) is 19.1 Å². The predicted molar refractivity (Wildman–Crippen MR) is 74.2 cm³/mol. The summed E-state index contributed by atoms with van der Waals surface area (Å²) in [6, 6.07) is 2.88. The number of benzene rings is 1. The van der Waals surface area contributed by atoms with Gasteiger partial charge in [-0.05, 0) is 6.07 Å². The van der Waals surface area contributed by atoms with E-state index >= 15 is 0 Å². The van der Waals surface area contributed by atoms with Crippen molar-refractivity contribution in [2.24, 2.45) is 0 Å². The van der Waals surface area contributed by atoms with Gasteiger partial charge in [-0.3, -0.25) is 14.9 Å². The first-order chi connectivity index (χ1) is 9.73. The number of non-ortho nitro benzene ring substituents is 1. The molecule has 0 bridgehead atoms. The molecular weight excluding hydrogens is 302 g/mol. The number of carbonyl (C=O) groups is 2. The molecule has 0 aliphatic heterocycles. The Labute approximate surface area is 123 Å². The maximum absolute atomic E-state index is 11.1. The van der Waals surface area contributed by atoms with Gasteiger partial charge >= 0.3 is 5.97 Å². The average Bonchev–Trinajstić information content (AvgIpc) is 2.42. The molecule has 8 nitrogen and oxygen atoms in total. The molecule has 1 rings (SSSR count). The van der Waals surface area contributed by atoms with Crippen LogP contribution in [-0.4, -0.2) is 43.2 Å². The number of carboxylic acids is 1. The normalized spacial score (nSPS) is 13.5. The van der Waals surface area contributed by atoms with E-state index in [0.717, 1.165) is 30.0 Å². The van der Waals surface area contributed by atoms with E-state index in [0.29, 0.717) is 0 Å². The number of hydrogen-bond acceptors (Lipinski definition) is 7. The van der Waals surface area contributed by atoms with Crippen LogP contribution in [0.1, 0.15) is 28.9 Å². The minimum atomic E-state index is -1.65. The fourth-order valence-corrected chi connectivity index (χ4v) is 2.19. The second kappa shape index (κ2) is 7.16. The van der Waals surface area contributed by atoms with Gasteiger partial charge in [0.25, 0.3) is 5.69 Å². The summed E-state index contributed by atoms with van der Waals surface area (Å²) in [5.74, 6) is -1.54. The first-order valence-corrected chi connectivity index (χ1v) is 6.73. The van der Waals surface area contributed by atoms with Crippen LogP contribution in [0.25, 0.3) is 0 Å². The van der Waals surface area contributed by atoms with Gasteiger partial charge in [0.15, 0.2) is 5.12 Å². The van der Waals surface area contributed by atoms with Crippen LogP contribution < -0.4 is 0 Å². The lowest BCUT2D eigenvalue weighted by Crippen LogP contribution is -2.23. The van der Waals surface area contributed by atoms with E-state index in [-0.39, 0.29) is 22.0 Å². The van der Waals surface area contributed by atoms with E-state index in [1.807, 2.05) is 0 Å². The van der Waals surface area contributed by atoms with Crippen LogP contribution >= 0.6 is 11.8 Å². The molecule has 0 fully saturated rings. The van der Waals surface area contributed by atoms with Gasteiger partial charge in [0.2, 0.25) is 0 Å². The third kappa shape index (κ3) is 4.52. The van der Waals surface area contributed by atoms with Crippen LogP contribution in [0, 0.1) is 10.1 Å². The van der Waals surface area contributed by atoms with Gasteiger partial charge in [-0.25, -0.2) is 4.79 Å². The number of nitro groups is 1. The summed E-state index contributed by atoms with van der Waals surface area (Å²) in [5.41, 5.74) is -1.02. The second-order valence-corrected chi connectivity index (χ2v) is 5.35. The van der Waals surface area contributed by atoms with E-state index < -0.39 is 28.8 Å². The number of rotatable bonds is 6. The molecule has 1 aromatic carbocycles. The minimum absolute atomic E-state index is 0.155. The van der Waals surface area contributed by atoms with Crippen molar-refractivity contribution >= 4 is 28.5 Å². The maximum atomic E-state index is 11.1. The van der Waals surface area contributed by atoms with Gasteiger partial charge in [-0.1, -0.05) is 11.8 Å². The molecule has 0 spiro atoms. The summed E-state index contributed by atoms with van der Waals surface area (Å²) in [6.07, 6.45) is -3.08. The van der Waals surface area contributed by atoms with Gasteiger partial charge < -0.3 is 15.3 Å². The molecule has 0 saturated heterocycles. The van der Waals surface area contributed by atoms with Crippen molar-refractivity contribution in [1.82, 2.24) is 0 Å². The lowest BCUT2D eigenvalue weighted by Gasteiger charge is -2.18. The highest BCUT2D eigenvalue weighted by Crippen LogP contribution is 2.27. The molecule has 0 aliphatic rings. The minimum Gasteiger partial charge on any atom is -0.478 e. The third-order valence-corrected chi connectivity index (χ3v) is 3.53. The molecule has 0 saturated carbocycles. The first kappa shape index (κ1) is 17.1. The topological polar surface area (TPSA) is 138 Å². The van der Waals surface area contributed by atoms with Gasteiger partial charge in [-0.15, -0.1) is 0 Å². The summed E-state index contributed by atoms with van der Waals surface area (Å²) in [6.45, 7) is 1.28. The Kier molecular flexibility index (Phi) is 5.82. The zero-order valence-corrected chi connectivity index (χ0v) is 11.7. The predicted octanol–water partition coefficient (Wildman–Crippen LogP) is 0.967. The highest BCUT2D eigenvalue weighted by Gasteiger charge is 2.26. The zero-order chi connectivity index (χ0) is 16.2. The molecule has 2 unspecified atom stereocenters. The molecule has 0 amide bonds. The van der Waals surface area contributed by atoms with Crippen molar-refractivity contribution in [3.05, 3.63) is 39.4 Å². The lowest BCUT2D eigenvalue weighted by molar-refractivity contribution is -0.385. The summed E-state index contributed by atoms with van der Waals surface area (Å²) >= 11 is 0.757. The van der Waals surface area contributed by atoms with E-state index in [4.69, 9.17) is 5.11 Å². The van der Waals surface area contributed by atoms with Gasteiger partial charge in [0.05, 0.1) is 16.6 Å². The van der Waals surface area contributed by atoms with Crippen molar-refractivity contribution in [2.75, 3.05) is 5.75 Å². The molecule has 114 valence electrons. The van der Waals surface area contributed by atoms with Crippen LogP contribution in [0.2, 0.25) is 0 Å². The van der Waals surface area contributed by atoms with E-state index in [9.17, 15) is 29.9 Å². The fourth-order valence-electron chi connectivity index (χ4n) is 1.60. The Hall–Kier alpha value is -1.97. The van der Waals surface area contributed by atoms with Crippen LogP contribution in [0.3, 0.4) is 0 Å². The lowest BCUT2D eigenvalue weighted by atomic mass is 9.98. The molecule has 21 heavy (non-hydrogen) atoms. The molecule has 9 heteroatoms. The smallest absolute Gasteiger partial charge is 0.336 e. The van der Waals surface area contributed by atoms with Gasteiger partial charge in [0, 0.05) is 30.4 Å². The quantitative estimate of drug-likeness (QED) is 0.521. The highest BCUT2D eigenvalue weighted by molar-refractivity contribution is 8.13. The Bertz CT molecular complexity index is 575. The largest absolute Gasteiger partial charge is 0.478 e. The van der Waals surface area contributed by atoms with Crippen LogP contribution in [0.4, 0.5) is 5.69 Å². The molecule has 3 N–H and O–H groups in total. The first-order valence-electron chi connectivity index (χ1n) is 5.75. The van der Waals surface area contributed by atoms with Crippen LogP contribution in [0.5, 0.6) is 0 Å². The zero-order valence-electron chi connectivity index (χ0n) is 10.9. The van der Waals surface area contributed by atoms with Crippen molar-refractivity contribution in [3.8, 4) is 0 Å². The Morgan fingerprint density at radius 1 is 1.38 bits per heavy atom. The van der Waals surface area contributed by atoms with Crippen molar-refractivity contribution in [3.63, 3.8) is 0 Å². The fraction of sp³-hybridized carbons (Fsp3) is 0.333. The maximum Gasteiger partial charge on any atom is 0.336 e. The SMILES string of the molecule is CC(=O)SCC(O)C(O)c1cc([N+](=O)[O-])ccc1C(=O)O. The molecule has 2 atom stereocenters. The number of carbonyl (C=O) groups excluding carboxylic acids is 1. The molecule has 1 aromatic rings. The number of nitrogens with zero attached hydrogens (tertiary/aromatic N) is 1. The molecular formula is C12H13NO7S. The molecule has 0 aliphatic carbocycles. The van der Waals surface area contributed by atoms with Crippen molar-refractivity contribution < 1.29 is 29.8 Å². The Morgan fingerprint density at radius 3 is 2.48 bits per heavy atom. The number of aliphatic hydroxyl groups is 2. The van der Waals surface area contributed by atoms with E-state index in [2.05, 4.69) is 0 Å². The Morgan fingerprint density at radius 2 is 2.00 bits per heavy atom. The number of nitro benzene ring substituents is 1. The molecule has 0 radical (unpaired) electrons. The summed E-state index contributed by atoms with van der Waals surface area (Å²) in [7, 11) is 0. The third-order valence-electron chi connectivity index (χ3n) is 2.62. The monoisotopic (exact) mass is 315 g/mol. The van der Waals surface area contributed by atoms with Gasteiger partial charge in [-0.2, -0.15) is 0 Å². The number of hydrogen-bond donors (Lipinski definition) is 3. The highest BCUT2D eigenvalue weighted by atomic mass is 32.2. The van der Waals surface area contributed by atoms with Crippen molar-refractivity contribution in [1.29, 1.82) is 0 Å². The molecule has 0 aromatic heterocycles. The average molecular weight is 315 g/mol. The number of aromatic carboxylic acids is 1. The second-order valence-electron chi connectivity index (χ2n) is 4.15. The van der Waals surface area contributed by atoms with E-state index in [1.54, 1.807) is 0 Å². The van der Waals surface area contributed by atoms with E-state index in [1.165, 1.54) is 6.92 Å². The Balaban J connectivity index is 3.12. The van der Waals surface area contributed by atoms with Crippen LogP contribution in [-0.2, 0) is 4.79 Å². The number of carboxylic acid groups (broad SMARTS) is 1. The summed E-state index contributed by atoms with van der Waals surface area (Å²) < 4.78 is 0. The number of aliphatic hydroxyl groups excluding tert-OH is 2. The number of thioether (sulfide) groups is 1. The summed E-state index contributed by atoms with van der Waals surface area (Å²) in [5, 5.41) is 39.2.